The van der Waals surface area contributed by atoms with Crippen LogP contribution in [-0.2, 0) is 9.84 Å². The second kappa shape index (κ2) is 5.73. The van der Waals surface area contributed by atoms with E-state index in [-0.39, 0.29) is 11.8 Å². The Kier molecular flexibility index (Phi) is 3.95. The predicted molar refractivity (Wildman–Crippen MR) is 84.1 cm³/mol. The molecule has 4 nitrogen and oxygen atoms in total. The topological polar surface area (TPSA) is 50.3 Å². The SMILES string of the molecule is CC(CS(=O)(=O)c1cccc2cccnc12)N1CCCC1. The lowest BCUT2D eigenvalue weighted by atomic mass is 10.2. The summed E-state index contributed by atoms with van der Waals surface area (Å²) in [4.78, 5) is 6.87. The first-order valence-electron chi connectivity index (χ1n) is 7.38. The van der Waals surface area contributed by atoms with Gasteiger partial charge in [0.2, 0.25) is 0 Å². The molecule has 0 spiro atoms. The summed E-state index contributed by atoms with van der Waals surface area (Å²) >= 11 is 0. The average molecular weight is 304 g/mol. The number of rotatable bonds is 4. The van der Waals surface area contributed by atoms with Crippen LogP contribution in [0.1, 0.15) is 19.8 Å². The highest BCUT2D eigenvalue weighted by Crippen LogP contribution is 2.23. The van der Waals surface area contributed by atoms with Crippen LogP contribution in [0.5, 0.6) is 0 Å². The normalized spacial score (nSPS) is 18.1. The lowest BCUT2D eigenvalue weighted by Crippen LogP contribution is -2.35. The summed E-state index contributed by atoms with van der Waals surface area (Å²) in [5.74, 6) is 0.155. The number of benzene rings is 1. The molecule has 0 amide bonds. The van der Waals surface area contributed by atoms with Gasteiger partial charge in [0, 0.05) is 17.6 Å². The quantitative estimate of drug-likeness (QED) is 0.871. The Hall–Kier alpha value is -1.46. The van der Waals surface area contributed by atoms with Crippen molar-refractivity contribution in [2.24, 2.45) is 0 Å². The second-order valence-corrected chi connectivity index (χ2v) is 7.71. The van der Waals surface area contributed by atoms with E-state index in [4.69, 9.17) is 0 Å². The van der Waals surface area contributed by atoms with E-state index in [9.17, 15) is 8.42 Å². The van der Waals surface area contributed by atoms with Crippen LogP contribution in [0.3, 0.4) is 0 Å². The summed E-state index contributed by atoms with van der Waals surface area (Å²) in [6.45, 7) is 4.01. The van der Waals surface area contributed by atoms with Crippen molar-refractivity contribution in [3.63, 3.8) is 0 Å². The zero-order valence-electron chi connectivity index (χ0n) is 12.2. The Morgan fingerprint density at radius 1 is 1.19 bits per heavy atom. The van der Waals surface area contributed by atoms with Crippen LogP contribution in [0, 0.1) is 0 Å². The average Bonchev–Trinajstić information content (AvgIpc) is 3.00. The fourth-order valence-corrected chi connectivity index (χ4v) is 4.80. The van der Waals surface area contributed by atoms with Gasteiger partial charge in [0.05, 0.1) is 16.2 Å². The third-order valence-electron chi connectivity index (χ3n) is 4.16. The van der Waals surface area contributed by atoms with E-state index in [0.29, 0.717) is 10.4 Å². The molecule has 2 heterocycles. The molecule has 1 fully saturated rings. The summed E-state index contributed by atoms with van der Waals surface area (Å²) in [5.41, 5.74) is 0.577. The monoisotopic (exact) mass is 304 g/mol. The van der Waals surface area contributed by atoms with E-state index in [1.807, 2.05) is 25.1 Å². The van der Waals surface area contributed by atoms with E-state index >= 15 is 0 Å². The van der Waals surface area contributed by atoms with Crippen molar-refractivity contribution in [3.8, 4) is 0 Å². The van der Waals surface area contributed by atoms with Crippen LogP contribution in [0.4, 0.5) is 0 Å². The van der Waals surface area contributed by atoms with Crippen molar-refractivity contribution in [1.82, 2.24) is 9.88 Å². The van der Waals surface area contributed by atoms with Gasteiger partial charge in [0.25, 0.3) is 0 Å². The number of fused-ring (bicyclic) bond motifs is 1. The molecule has 2 aromatic rings. The number of pyridine rings is 1. The maximum absolute atomic E-state index is 12.7. The first-order chi connectivity index (χ1) is 10.1. The maximum Gasteiger partial charge on any atom is 0.182 e. The summed E-state index contributed by atoms with van der Waals surface area (Å²) in [7, 11) is -3.33. The number of para-hydroxylation sites is 1. The highest BCUT2D eigenvalue weighted by molar-refractivity contribution is 7.91. The minimum absolute atomic E-state index is 0.0523. The zero-order valence-corrected chi connectivity index (χ0v) is 13.0. The van der Waals surface area contributed by atoms with Crippen LogP contribution < -0.4 is 0 Å². The van der Waals surface area contributed by atoms with Gasteiger partial charge in [0.15, 0.2) is 9.84 Å². The summed E-state index contributed by atoms with van der Waals surface area (Å²) in [5, 5.41) is 0.868. The Morgan fingerprint density at radius 3 is 2.67 bits per heavy atom. The van der Waals surface area contributed by atoms with E-state index in [1.54, 1.807) is 18.3 Å². The molecule has 0 aliphatic carbocycles. The zero-order chi connectivity index (χ0) is 14.9. The summed E-state index contributed by atoms with van der Waals surface area (Å²) < 4.78 is 25.5. The van der Waals surface area contributed by atoms with Crippen molar-refractivity contribution < 1.29 is 8.42 Å². The van der Waals surface area contributed by atoms with Crippen LogP contribution >= 0.6 is 0 Å². The van der Waals surface area contributed by atoms with Gasteiger partial charge < -0.3 is 0 Å². The van der Waals surface area contributed by atoms with E-state index < -0.39 is 9.84 Å². The van der Waals surface area contributed by atoms with Crippen molar-refractivity contribution in [2.45, 2.75) is 30.7 Å². The minimum Gasteiger partial charge on any atom is -0.300 e. The van der Waals surface area contributed by atoms with Gasteiger partial charge in [-0.3, -0.25) is 9.88 Å². The molecule has 1 atom stereocenters. The fourth-order valence-electron chi connectivity index (χ4n) is 3.02. The third-order valence-corrected chi connectivity index (χ3v) is 6.08. The largest absolute Gasteiger partial charge is 0.300 e. The lowest BCUT2D eigenvalue weighted by Gasteiger charge is -2.23. The first kappa shape index (κ1) is 14.5. The maximum atomic E-state index is 12.7. The van der Waals surface area contributed by atoms with Crippen LogP contribution in [0.25, 0.3) is 10.9 Å². The first-order valence-corrected chi connectivity index (χ1v) is 9.04. The highest BCUT2D eigenvalue weighted by atomic mass is 32.2. The fraction of sp³-hybridized carbons (Fsp3) is 0.438. The van der Waals surface area contributed by atoms with Gasteiger partial charge in [0.1, 0.15) is 0 Å². The molecule has 1 aliphatic rings. The Bertz CT molecular complexity index is 732. The second-order valence-electron chi connectivity index (χ2n) is 5.70. The molecule has 1 aromatic carbocycles. The van der Waals surface area contributed by atoms with Gasteiger partial charge in [-0.25, -0.2) is 8.42 Å². The molecule has 0 bridgehead atoms. The van der Waals surface area contributed by atoms with Crippen molar-refractivity contribution in [3.05, 3.63) is 36.5 Å². The van der Waals surface area contributed by atoms with Crippen LogP contribution in [-0.4, -0.2) is 43.2 Å². The highest BCUT2D eigenvalue weighted by Gasteiger charge is 2.26. The molecular weight excluding hydrogens is 284 g/mol. The predicted octanol–water partition coefficient (Wildman–Crippen LogP) is 2.49. The van der Waals surface area contributed by atoms with Crippen LogP contribution in [0.2, 0.25) is 0 Å². The van der Waals surface area contributed by atoms with Gasteiger partial charge in [-0.1, -0.05) is 18.2 Å². The lowest BCUT2D eigenvalue weighted by molar-refractivity contribution is 0.277. The molecule has 3 rings (SSSR count). The molecule has 1 aliphatic heterocycles. The molecule has 21 heavy (non-hydrogen) atoms. The molecule has 1 saturated heterocycles. The van der Waals surface area contributed by atoms with Crippen molar-refractivity contribution in [1.29, 1.82) is 0 Å². The molecule has 1 unspecified atom stereocenters. The molecule has 0 radical (unpaired) electrons. The Balaban J connectivity index is 1.93. The summed E-state index contributed by atoms with van der Waals surface area (Å²) in [6.07, 6.45) is 3.98. The number of nitrogens with zero attached hydrogens (tertiary/aromatic N) is 2. The number of hydrogen-bond donors (Lipinski definition) is 0. The standard InChI is InChI=1S/C16H20N2O2S/c1-13(18-10-2-3-11-18)12-21(19,20)15-8-4-6-14-7-5-9-17-16(14)15/h4-9,13H,2-3,10-12H2,1H3. The van der Waals surface area contributed by atoms with Crippen molar-refractivity contribution >= 4 is 20.7 Å². The Labute approximate surface area is 125 Å². The number of likely N-dealkylation sites (tertiary alicyclic amines) is 1. The third kappa shape index (κ3) is 2.94. The molecule has 112 valence electrons. The van der Waals surface area contributed by atoms with E-state index in [2.05, 4.69) is 9.88 Å². The van der Waals surface area contributed by atoms with Gasteiger partial charge in [-0.2, -0.15) is 0 Å². The van der Waals surface area contributed by atoms with E-state index in [1.165, 1.54) is 12.8 Å². The van der Waals surface area contributed by atoms with Gasteiger partial charge >= 0.3 is 0 Å². The van der Waals surface area contributed by atoms with Crippen molar-refractivity contribution in [2.75, 3.05) is 18.8 Å². The molecule has 0 saturated carbocycles. The molecular formula is C16H20N2O2S. The number of aromatic nitrogens is 1. The minimum atomic E-state index is -3.33. The Morgan fingerprint density at radius 2 is 1.90 bits per heavy atom. The van der Waals surface area contributed by atoms with E-state index in [0.717, 1.165) is 18.5 Å². The molecule has 0 N–H and O–H groups in total. The summed E-state index contributed by atoms with van der Waals surface area (Å²) in [6, 6.07) is 9.12. The number of sulfone groups is 1. The number of hydrogen-bond acceptors (Lipinski definition) is 4. The van der Waals surface area contributed by atoms with Gasteiger partial charge in [-0.15, -0.1) is 0 Å². The van der Waals surface area contributed by atoms with Crippen LogP contribution in [0.15, 0.2) is 41.4 Å². The molecule has 5 heteroatoms. The van der Waals surface area contributed by atoms with Gasteiger partial charge in [-0.05, 0) is 45.0 Å². The smallest absolute Gasteiger partial charge is 0.182 e. The molecule has 1 aromatic heterocycles.